The lowest BCUT2D eigenvalue weighted by atomic mass is 9.78. The van der Waals surface area contributed by atoms with Gasteiger partial charge in [-0.1, -0.05) is 43.3 Å². The minimum absolute atomic E-state index is 0.00516. The number of alkyl halides is 3. The number of benzene rings is 1. The van der Waals surface area contributed by atoms with E-state index in [-0.39, 0.29) is 17.6 Å². The largest absolute Gasteiger partial charge is 0.453 e. The van der Waals surface area contributed by atoms with Crippen LogP contribution in [0.15, 0.2) is 42.1 Å². The van der Waals surface area contributed by atoms with E-state index in [1.165, 1.54) is 4.68 Å². The molecule has 0 fully saturated rings. The molecule has 0 saturated heterocycles. The third-order valence-electron chi connectivity index (χ3n) is 4.53. The number of ketones is 1. The van der Waals surface area contributed by atoms with Gasteiger partial charge in [-0.2, -0.15) is 18.2 Å². The van der Waals surface area contributed by atoms with E-state index >= 15 is 0 Å². The number of hydrogen-bond acceptors (Lipinski definition) is 4. The average Bonchev–Trinajstić information content (AvgIpc) is 2.97. The zero-order valence-corrected chi connectivity index (χ0v) is 13.3. The van der Waals surface area contributed by atoms with Crippen LogP contribution in [0.1, 0.15) is 30.8 Å². The van der Waals surface area contributed by atoms with Gasteiger partial charge in [-0.15, -0.1) is 5.10 Å². The van der Waals surface area contributed by atoms with Gasteiger partial charge in [0.1, 0.15) is 5.78 Å². The molecule has 3 atom stereocenters. The number of nitrogens with zero attached hydrogens (tertiary/aromatic N) is 3. The van der Waals surface area contributed by atoms with Crippen LogP contribution in [0.25, 0.3) is 0 Å². The molecule has 2 heterocycles. The molecular weight excluding hydrogens is 333 g/mol. The Bertz CT molecular complexity index is 857. The standard InChI is InChI=1S/C17H15F3N4O/c1-9-7-11-13(12(25)8-9)14(10-5-3-2-4-6-10)24-16(21-11)22-15(23-24)17(18,19)20/h2-7,9,13-14H,8H2,1H3,(H,21,22,23)/t9-,13-,14-/m0/s1. The van der Waals surface area contributed by atoms with Crippen molar-refractivity contribution in [3.63, 3.8) is 0 Å². The molecule has 1 N–H and O–H groups in total. The van der Waals surface area contributed by atoms with Gasteiger partial charge in [0.25, 0.3) is 5.82 Å². The first-order chi connectivity index (χ1) is 11.8. The molecule has 1 aliphatic heterocycles. The number of hydrogen-bond donors (Lipinski definition) is 1. The van der Waals surface area contributed by atoms with E-state index in [1.54, 1.807) is 24.3 Å². The van der Waals surface area contributed by atoms with Gasteiger partial charge in [-0.25, -0.2) is 4.68 Å². The van der Waals surface area contributed by atoms with Crippen molar-refractivity contribution in [2.45, 2.75) is 25.6 Å². The van der Waals surface area contributed by atoms with E-state index in [2.05, 4.69) is 15.4 Å². The summed E-state index contributed by atoms with van der Waals surface area (Å²) in [6.45, 7) is 1.90. The van der Waals surface area contributed by atoms with Gasteiger partial charge < -0.3 is 5.32 Å². The molecule has 5 nitrogen and oxygen atoms in total. The first-order valence-corrected chi connectivity index (χ1v) is 7.94. The molecule has 0 amide bonds. The lowest BCUT2D eigenvalue weighted by Crippen LogP contribution is -2.40. The van der Waals surface area contributed by atoms with Crippen LogP contribution in [-0.4, -0.2) is 20.5 Å². The van der Waals surface area contributed by atoms with Crippen LogP contribution in [0.2, 0.25) is 0 Å². The molecule has 0 spiro atoms. The number of carbonyl (C=O) groups excluding carboxylic acids is 1. The minimum Gasteiger partial charge on any atom is -0.328 e. The summed E-state index contributed by atoms with van der Waals surface area (Å²) in [6.07, 6.45) is -2.40. The maximum Gasteiger partial charge on any atom is 0.453 e. The van der Waals surface area contributed by atoms with Gasteiger partial charge in [0, 0.05) is 12.1 Å². The van der Waals surface area contributed by atoms with Crippen LogP contribution < -0.4 is 5.32 Å². The number of anilines is 1. The fourth-order valence-corrected chi connectivity index (χ4v) is 3.53. The summed E-state index contributed by atoms with van der Waals surface area (Å²) >= 11 is 0. The smallest absolute Gasteiger partial charge is 0.328 e. The average molecular weight is 348 g/mol. The zero-order valence-electron chi connectivity index (χ0n) is 13.3. The van der Waals surface area contributed by atoms with E-state index in [1.807, 2.05) is 19.1 Å². The lowest BCUT2D eigenvalue weighted by molar-refractivity contribution is -0.145. The number of carbonyl (C=O) groups is 1. The van der Waals surface area contributed by atoms with Crippen LogP contribution in [0.4, 0.5) is 19.1 Å². The zero-order chi connectivity index (χ0) is 17.8. The highest BCUT2D eigenvalue weighted by molar-refractivity contribution is 5.87. The summed E-state index contributed by atoms with van der Waals surface area (Å²) < 4.78 is 40.4. The second-order valence-electron chi connectivity index (χ2n) is 6.43. The van der Waals surface area contributed by atoms with Crippen molar-refractivity contribution in [2.24, 2.45) is 11.8 Å². The Balaban J connectivity index is 1.91. The Morgan fingerprint density at radius 1 is 1.24 bits per heavy atom. The van der Waals surface area contributed by atoms with Gasteiger partial charge in [0.05, 0.1) is 12.0 Å². The first-order valence-electron chi connectivity index (χ1n) is 7.94. The number of halogens is 3. The Labute approximate surface area is 141 Å². The summed E-state index contributed by atoms with van der Waals surface area (Å²) in [4.78, 5) is 16.3. The van der Waals surface area contributed by atoms with E-state index in [0.29, 0.717) is 12.1 Å². The number of aromatic nitrogens is 3. The van der Waals surface area contributed by atoms with Crippen LogP contribution in [0.3, 0.4) is 0 Å². The maximum absolute atomic E-state index is 13.1. The number of nitrogens with one attached hydrogen (secondary N) is 1. The monoisotopic (exact) mass is 348 g/mol. The quantitative estimate of drug-likeness (QED) is 0.858. The molecule has 0 bridgehead atoms. The first kappa shape index (κ1) is 15.9. The van der Waals surface area contributed by atoms with Crippen LogP contribution in [-0.2, 0) is 11.0 Å². The summed E-state index contributed by atoms with van der Waals surface area (Å²) in [7, 11) is 0. The molecule has 25 heavy (non-hydrogen) atoms. The highest BCUT2D eigenvalue weighted by Crippen LogP contribution is 2.43. The van der Waals surface area contributed by atoms with Crippen molar-refractivity contribution in [3.8, 4) is 0 Å². The van der Waals surface area contributed by atoms with E-state index < -0.39 is 24.0 Å². The number of fused-ring (bicyclic) bond motifs is 2. The second-order valence-corrected chi connectivity index (χ2v) is 6.43. The normalized spacial score (nSPS) is 25.7. The molecule has 0 unspecified atom stereocenters. The van der Waals surface area contributed by atoms with E-state index in [0.717, 1.165) is 5.56 Å². The Hall–Kier alpha value is -2.64. The minimum atomic E-state index is -4.65. The number of allylic oxidation sites excluding steroid dienone is 2. The van der Waals surface area contributed by atoms with Gasteiger partial charge in [0.2, 0.25) is 5.95 Å². The highest BCUT2D eigenvalue weighted by Gasteiger charge is 2.45. The molecular formula is C17H15F3N4O. The van der Waals surface area contributed by atoms with Gasteiger partial charge in [0.15, 0.2) is 0 Å². The molecule has 1 aromatic heterocycles. The third kappa shape index (κ3) is 2.61. The molecule has 0 saturated carbocycles. The van der Waals surface area contributed by atoms with Gasteiger partial charge in [-0.05, 0) is 11.5 Å². The molecule has 2 aromatic rings. The predicted octanol–water partition coefficient (Wildman–Crippen LogP) is 3.42. The molecule has 1 aliphatic carbocycles. The van der Waals surface area contributed by atoms with Crippen molar-refractivity contribution in [1.82, 2.24) is 14.8 Å². The molecule has 4 rings (SSSR count). The SMILES string of the molecule is C[C@H]1C=C2Nc3nc(C(F)(F)F)nn3[C@@H](c3ccccc3)[C@@H]2C(=O)C1. The fraction of sp³-hybridized carbons (Fsp3) is 0.353. The summed E-state index contributed by atoms with van der Waals surface area (Å²) in [5.74, 6) is -1.78. The van der Waals surface area contributed by atoms with Gasteiger partial charge >= 0.3 is 6.18 Å². The number of Topliss-reactive ketones (excluding diaryl/α,β-unsaturated/α-hetero) is 1. The maximum atomic E-state index is 13.1. The van der Waals surface area contributed by atoms with Crippen molar-refractivity contribution >= 4 is 11.7 Å². The Morgan fingerprint density at radius 3 is 2.64 bits per heavy atom. The number of rotatable bonds is 1. The summed E-state index contributed by atoms with van der Waals surface area (Å²) in [6, 6.07) is 8.33. The molecule has 130 valence electrons. The van der Waals surface area contributed by atoms with Crippen molar-refractivity contribution in [3.05, 3.63) is 53.5 Å². The Morgan fingerprint density at radius 2 is 1.96 bits per heavy atom. The molecule has 8 heteroatoms. The molecule has 2 aliphatic rings. The predicted molar refractivity (Wildman–Crippen MR) is 83.6 cm³/mol. The summed E-state index contributed by atoms with van der Waals surface area (Å²) in [5, 5.41) is 6.54. The van der Waals surface area contributed by atoms with Crippen molar-refractivity contribution in [2.75, 3.05) is 5.32 Å². The van der Waals surface area contributed by atoms with E-state index in [4.69, 9.17) is 0 Å². The summed E-state index contributed by atoms with van der Waals surface area (Å²) in [5.41, 5.74) is 1.33. The lowest BCUT2D eigenvalue weighted by Gasteiger charge is -2.37. The topological polar surface area (TPSA) is 59.8 Å². The fourth-order valence-electron chi connectivity index (χ4n) is 3.53. The Kier molecular flexibility index (Phi) is 3.45. The second kappa shape index (κ2) is 5.44. The third-order valence-corrected chi connectivity index (χ3v) is 4.53. The van der Waals surface area contributed by atoms with Crippen molar-refractivity contribution < 1.29 is 18.0 Å². The molecule has 1 aromatic carbocycles. The van der Waals surface area contributed by atoms with Crippen molar-refractivity contribution in [1.29, 1.82) is 0 Å². The van der Waals surface area contributed by atoms with E-state index in [9.17, 15) is 18.0 Å². The molecule has 0 radical (unpaired) electrons. The van der Waals surface area contributed by atoms with Crippen LogP contribution in [0.5, 0.6) is 0 Å². The van der Waals surface area contributed by atoms with Crippen LogP contribution in [0, 0.1) is 11.8 Å². The highest BCUT2D eigenvalue weighted by atomic mass is 19.4. The van der Waals surface area contributed by atoms with Crippen LogP contribution >= 0.6 is 0 Å². The van der Waals surface area contributed by atoms with Gasteiger partial charge in [-0.3, -0.25) is 4.79 Å².